The second kappa shape index (κ2) is 6.77. The topological polar surface area (TPSA) is 35.2 Å². The molecule has 0 saturated heterocycles. The summed E-state index contributed by atoms with van der Waals surface area (Å²) in [4.78, 5) is 1.66. The van der Waals surface area contributed by atoms with Gasteiger partial charge in [0.05, 0.1) is 0 Å². The smallest absolute Gasteiger partial charge is 0.119 e. The van der Waals surface area contributed by atoms with Gasteiger partial charge in [-0.25, -0.2) is 0 Å². The van der Waals surface area contributed by atoms with Crippen molar-refractivity contribution in [1.29, 1.82) is 0 Å². The lowest BCUT2D eigenvalue weighted by Crippen LogP contribution is -2.10. The highest BCUT2D eigenvalue weighted by molar-refractivity contribution is 7.98. The van der Waals surface area contributed by atoms with E-state index in [1.54, 1.807) is 11.8 Å². The summed E-state index contributed by atoms with van der Waals surface area (Å²) in [7, 11) is 0. The minimum atomic E-state index is 0.424. The van der Waals surface area contributed by atoms with E-state index >= 15 is 0 Å². The fourth-order valence-electron chi connectivity index (χ4n) is 1.84. The molecule has 0 aliphatic heterocycles. The van der Waals surface area contributed by atoms with Crippen LogP contribution in [0, 0.1) is 6.92 Å². The first-order valence-corrected chi connectivity index (χ1v) is 7.89. The van der Waals surface area contributed by atoms with Crippen molar-refractivity contribution in [1.82, 2.24) is 0 Å². The van der Waals surface area contributed by atoms with E-state index in [4.69, 9.17) is 22.7 Å². The maximum atomic E-state index is 5.80. The van der Waals surface area contributed by atoms with Crippen LogP contribution in [0.25, 0.3) is 0 Å². The molecule has 2 aromatic rings. The molecule has 0 saturated carbocycles. The molecule has 0 aromatic heterocycles. The molecule has 0 amide bonds. The number of ether oxygens (including phenoxy) is 1. The first kappa shape index (κ1) is 14.9. The molecule has 2 rings (SSSR count). The van der Waals surface area contributed by atoms with E-state index in [1.165, 1.54) is 4.90 Å². The molecule has 2 aromatic carbocycles. The van der Waals surface area contributed by atoms with Gasteiger partial charge in [0.25, 0.3) is 0 Å². The average Bonchev–Trinajstić information content (AvgIpc) is 2.46. The molecule has 0 spiro atoms. The predicted octanol–water partition coefficient (Wildman–Crippen LogP) is 3.93. The predicted molar refractivity (Wildman–Crippen MR) is 89.6 cm³/mol. The van der Waals surface area contributed by atoms with E-state index in [-0.39, 0.29) is 0 Å². The summed E-state index contributed by atoms with van der Waals surface area (Å²) in [6.07, 6.45) is 2.06. The quantitative estimate of drug-likeness (QED) is 0.670. The molecule has 0 aliphatic rings. The number of benzene rings is 2. The lowest BCUT2D eigenvalue weighted by molar-refractivity contribution is 0.305. The minimum absolute atomic E-state index is 0.424. The third kappa shape index (κ3) is 3.74. The Morgan fingerprint density at radius 2 is 1.90 bits per heavy atom. The number of thiocarbonyl (C=S) groups is 1. The van der Waals surface area contributed by atoms with Gasteiger partial charge in [-0.2, -0.15) is 0 Å². The first-order valence-electron chi connectivity index (χ1n) is 6.26. The monoisotopic (exact) mass is 303 g/mol. The molecule has 2 nitrogen and oxygen atoms in total. The normalized spacial score (nSPS) is 10.3. The van der Waals surface area contributed by atoms with Crippen LogP contribution in [0.5, 0.6) is 5.75 Å². The molecular weight excluding hydrogens is 286 g/mol. The SMILES string of the molecule is CSc1ccc(OCc2ccc(C(N)=S)cc2C)cc1. The van der Waals surface area contributed by atoms with Gasteiger partial charge in [-0.3, -0.25) is 0 Å². The van der Waals surface area contributed by atoms with Gasteiger partial charge in [-0.1, -0.05) is 24.4 Å². The molecule has 0 bridgehead atoms. The minimum Gasteiger partial charge on any atom is -0.489 e. The van der Waals surface area contributed by atoms with Crippen LogP contribution in [0.3, 0.4) is 0 Å². The van der Waals surface area contributed by atoms with Crippen molar-refractivity contribution in [2.75, 3.05) is 6.26 Å². The maximum Gasteiger partial charge on any atom is 0.119 e. The van der Waals surface area contributed by atoms with Crippen LogP contribution in [0.1, 0.15) is 16.7 Å². The zero-order valence-corrected chi connectivity index (χ0v) is 13.2. The summed E-state index contributed by atoms with van der Waals surface area (Å²) in [5, 5.41) is 0. The van der Waals surface area contributed by atoms with Crippen LogP contribution in [0.4, 0.5) is 0 Å². The maximum absolute atomic E-state index is 5.80. The molecule has 20 heavy (non-hydrogen) atoms. The number of hydrogen-bond acceptors (Lipinski definition) is 3. The van der Waals surface area contributed by atoms with E-state index < -0.39 is 0 Å². The number of nitrogens with two attached hydrogens (primary N) is 1. The third-order valence-corrected chi connectivity index (χ3v) is 4.06. The highest BCUT2D eigenvalue weighted by atomic mass is 32.2. The van der Waals surface area contributed by atoms with Crippen LogP contribution in [-0.4, -0.2) is 11.2 Å². The molecule has 0 fully saturated rings. The Hall–Kier alpha value is -1.52. The molecule has 0 aliphatic carbocycles. The van der Waals surface area contributed by atoms with Crippen molar-refractivity contribution >= 4 is 29.0 Å². The van der Waals surface area contributed by atoms with Crippen molar-refractivity contribution in [3.8, 4) is 5.75 Å². The van der Waals surface area contributed by atoms with Gasteiger partial charge in [0, 0.05) is 10.5 Å². The summed E-state index contributed by atoms with van der Waals surface area (Å²) in [6.45, 7) is 2.58. The van der Waals surface area contributed by atoms with Gasteiger partial charge < -0.3 is 10.5 Å². The fourth-order valence-corrected chi connectivity index (χ4v) is 2.38. The first-order chi connectivity index (χ1) is 9.60. The van der Waals surface area contributed by atoms with Crippen molar-refractivity contribution in [3.05, 3.63) is 59.2 Å². The fraction of sp³-hybridized carbons (Fsp3) is 0.188. The summed E-state index contributed by atoms with van der Waals surface area (Å²) in [6, 6.07) is 14.0. The lowest BCUT2D eigenvalue weighted by Gasteiger charge is -2.10. The molecule has 0 unspecified atom stereocenters. The molecule has 104 valence electrons. The van der Waals surface area contributed by atoms with Crippen molar-refractivity contribution in [3.63, 3.8) is 0 Å². The van der Waals surface area contributed by atoms with Crippen molar-refractivity contribution < 1.29 is 4.74 Å². The second-order valence-electron chi connectivity index (χ2n) is 4.47. The molecule has 0 heterocycles. The number of aryl methyl sites for hydroxylation is 1. The van der Waals surface area contributed by atoms with E-state index in [0.717, 1.165) is 22.4 Å². The van der Waals surface area contributed by atoms with Gasteiger partial charge in [0.15, 0.2) is 0 Å². The zero-order chi connectivity index (χ0) is 14.5. The van der Waals surface area contributed by atoms with Crippen molar-refractivity contribution in [2.45, 2.75) is 18.4 Å². The highest BCUT2D eigenvalue weighted by Gasteiger charge is 2.03. The van der Waals surface area contributed by atoms with Gasteiger partial charge in [0.1, 0.15) is 17.3 Å². The summed E-state index contributed by atoms with van der Waals surface area (Å²) in [5.41, 5.74) is 8.79. The standard InChI is InChI=1S/C16H17NOS2/c1-11-9-12(16(17)19)3-4-13(11)10-18-14-5-7-15(20-2)8-6-14/h3-9H,10H2,1-2H3,(H2,17,19). The number of thioether (sulfide) groups is 1. The molecule has 0 radical (unpaired) electrons. The summed E-state index contributed by atoms with van der Waals surface area (Å²) in [5.74, 6) is 0.876. The Kier molecular flexibility index (Phi) is 5.04. The summed E-state index contributed by atoms with van der Waals surface area (Å²) >= 11 is 6.69. The Labute approximate surface area is 129 Å². The van der Waals surface area contributed by atoms with Gasteiger partial charge in [-0.15, -0.1) is 11.8 Å². The highest BCUT2D eigenvalue weighted by Crippen LogP contribution is 2.20. The van der Waals surface area contributed by atoms with E-state index in [9.17, 15) is 0 Å². The van der Waals surface area contributed by atoms with E-state index in [0.29, 0.717) is 11.6 Å². The van der Waals surface area contributed by atoms with E-state index in [1.807, 2.05) is 37.3 Å². The molecule has 0 atom stereocenters. The average molecular weight is 303 g/mol. The van der Waals surface area contributed by atoms with Crippen LogP contribution in [-0.2, 0) is 6.61 Å². The van der Waals surface area contributed by atoms with Crippen LogP contribution >= 0.6 is 24.0 Å². The zero-order valence-electron chi connectivity index (χ0n) is 11.6. The largest absolute Gasteiger partial charge is 0.489 e. The Bertz CT molecular complexity index is 608. The third-order valence-electron chi connectivity index (χ3n) is 3.08. The van der Waals surface area contributed by atoms with Crippen LogP contribution in [0.15, 0.2) is 47.4 Å². The van der Waals surface area contributed by atoms with Gasteiger partial charge >= 0.3 is 0 Å². The molecule has 4 heteroatoms. The van der Waals surface area contributed by atoms with Crippen molar-refractivity contribution in [2.24, 2.45) is 5.73 Å². The molecular formula is C16H17NOS2. The second-order valence-corrected chi connectivity index (χ2v) is 5.79. The van der Waals surface area contributed by atoms with E-state index in [2.05, 4.69) is 18.4 Å². The van der Waals surface area contributed by atoms with Gasteiger partial charge in [0.2, 0.25) is 0 Å². The van der Waals surface area contributed by atoms with Crippen LogP contribution < -0.4 is 10.5 Å². The number of rotatable bonds is 5. The van der Waals surface area contributed by atoms with Gasteiger partial charge in [-0.05, 0) is 54.6 Å². The Morgan fingerprint density at radius 3 is 2.45 bits per heavy atom. The summed E-state index contributed by atoms with van der Waals surface area (Å²) < 4.78 is 5.80. The van der Waals surface area contributed by atoms with Crippen LogP contribution in [0.2, 0.25) is 0 Å². The number of hydrogen-bond donors (Lipinski definition) is 1. The molecule has 2 N–H and O–H groups in total. The Balaban J connectivity index is 2.04. The Morgan fingerprint density at radius 1 is 1.20 bits per heavy atom. The lowest BCUT2D eigenvalue weighted by atomic mass is 10.1.